The van der Waals surface area contributed by atoms with Crippen molar-refractivity contribution >= 4 is 34.5 Å². The Balaban J connectivity index is 1.73. The van der Waals surface area contributed by atoms with Crippen molar-refractivity contribution in [3.63, 3.8) is 0 Å². The third kappa shape index (κ3) is 4.13. The van der Waals surface area contributed by atoms with Crippen LogP contribution in [-0.4, -0.2) is 20.4 Å². The largest absolute Gasteiger partial charge is 0.331 e. The van der Waals surface area contributed by atoms with Crippen molar-refractivity contribution in [3.05, 3.63) is 78.0 Å². The molecule has 4 rings (SSSR count). The number of nitrogens with zero attached hydrogens (tertiary/aromatic N) is 3. The van der Waals surface area contributed by atoms with Crippen molar-refractivity contribution in [3.8, 4) is 21.0 Å². The highest BCUT2D eigenvalue weighted by Crippen LogP contribution is 2.36. The number of anilines is 1. The number of hydrogen-bond donors (Lipinski definition) is 1. The Kier molecular flexibility index (Phi) is 5.23. The van der Waals surface area contributed by atoms with Gasteiger partial charge in [-0.25, -0.2) is 9.97 Å². The molecule has 0 saturated carbocycles. The van der Waals surface area contributed by atoms with Gasteiger partial charge in [-0.3, -0.25) is 4.79 Å². The molecule has 0 radical (unpaired) electrons. The maximum absolute atomic E-state index is 11.2. The van der Waals surface area contributed by atoms with E-state index in [1.165, 1.54) is 6.92 Å². The molecule has 0 bridgehead atoms. The Bertz CT molecular complexity index is 1090. The SMILES string of the molecule is CC(=O)Nc1ccc(-c2sc(-c3ccc(Cl)cc3)nc2Cn2ccnc2)cc1. The fourth-order valence-corrected chi connectivity index (χ4v) is 4.07. The van der Waals surface area contributed by atoms with Gasteiger partial charge in [-0.2, -0.15) is 0 Å². The molecule has 0 unspecified atom stereocenters. The van der Waals surface area contributed by atoms with Crippen LogP contribution < -0.4 is 5.32 Å². The van der Waals surface area contributed by atoms with Crippen LogP contribution in [-0.2, 0) is 11.3 Å². The van der Waals surface area contributed by atoms with Crippen LogP contribution in [0.1, 0.15) is 12.6 Å². The number of aromatic nitrogens is 3. The van der Waals surface area contributed by atoms with E-state index in [2.05, 4.69) is 10.3 Å². The molecule has 4 aromatic rings. The number of rotatable bonds is 5. The lowest BCUT2D eigenvalue weighted by molar-refractivity contribution is -0.114. The van der Waals surface area contributed by atoms with Crippen LogP contribution in [0.3, 0.4) is 0 Å². The van der Waals surface area contributed by atoms with Gasteiger partial charge < -0.3 is 9.88 Å². The summed E-state index contributed by atoms with van der Waals surface area (Å²) in [6.07, 6.45) is 5.46. The quantitative estimate of drug-likeness (QED) is 0.485. The maximum Gasteiger partial charge on any atom is 0.221 e. The lowest BCUT2D eigenvalue weighted by Gasteiger charge is -2.06. The molecule has 140 valence electrons. The summed E-state index contributed by atoms with van der Waals surface area (Å²) in [5, 5.41) is 4.43. The number of benzene rings is 2. The Hall–Kier alpha value is -2.96. The number of carbonyl (C=O) groups is 1. The van der Waals surface area contributed by atoms with Gasteiger partial charge in [0.25, 0.3) is 0 Å². The monoisotopic (exact) mass is 408 g/mol. The van der Waals surface area contributed by atoms with Gasteiger partial charge in [0.1, 0.15) is 5.01 Å². The van der Waals surface area contributed by atoms with Crippen LogP contribution >= 0.6 is 22.9 Å². The van der Waals surface area contributed by atoms with Gasteiger partial charge in [-0.1, -0.05) is 35.9 Å². The van der Waals surface area contributed by atoms with Gasteiger partial charge >= 0.3 is 0 Å². The summed E-state index contributed by atoms with van der Waals surface area (Å²) >= 11 is 7.66. The third-order valence-corrected chi connectivity index (χ3v) is 5.60. The van der Waals surface area contributed by atoms with Crippen LogP contribution in [0.4, 0.5) is 5.69 Å². The number of thiazole rings is 1. The van der Waals surface area contributed by atoms with Crippen molar-refractivity contribution in [1.82, 2.24) is 14.5 Å². The molecule has 0 spiro atoms. The van der Waals surface area contributed by atoms with Crippen LogP contribution in [0.2, 0.25) is 5.02 Å². The lowest BCUT2D eigenvalue weighted by Crippen LogP contribution is -2.05. The normalized spacial score (nSPS) is 10.8. The Morgan fingerprint density at radius 1 is 1.11 bits per heavy atom. The summed E-state index contributed by atoms with van der Waals surface area (Å²) in [4.78, 5) is 21.3. The Morgan fingerprint density at radius 2 is 1.82 bits per heavy atom. The first kappa shape index (κ1) is 18.4. The minimum absolute atomic E-state index is 0.0867. The van der Waals surface area contributed by atoms with Gasteiger partial charge in [-0.15, -0.1) is 11.3 Å². The second kappa shape index (κ2) is 7.96. The summed E-state index contributed by atoms with van der Waals surface area (Å²) in [7, 11) is 0. The smallest absolute Gasteiger partial charge is 0.221 e. The number of amides is 1. The summed E-state index contributed by atoms with van der Waals surface area (Å²) in [6.45, 7) is 2.13. The molecule has 2 aromatic carbocycles. The average Bonchev–Trinajstić information content (AvgIpc) is 3.33. The van der Waals surface area contributed by atoms with E-state index < -0.39 is 0 Å². The van der Waals surface area contributed by atoms with E-state index in [0.29, 0.717) is 11.6 Å². The van der Waals surface area contributed by atoms with Gasteiger partial charge in [0, 0.05) is 35.6 Å². The standard InChI is InChI=1S/C21H17ClN4OS/c1-14(27)24-18-8-4-15(5-9-18)20-19(12-26-11-10-23-13-26)25-21(28-20)16-2-6-17(22)7-3-16/h2-11,13H,12H2,1H3,(H,24,27). The third-order valence-electron chi connectivity index (χ3n) is 4.15. The molecule has 0 atom stereocenters. The van der Waals surface area contributed by atoms with Gasteiger partial charge in [-0.05, 0) is 29.8 Å². The summed E-state index contributed by atoms with van der Waals surface area (Å²) in [5.41, 5.74) is 3.83. The van der Waals surface area contributed by atoms with Crippen LogP contribution in [0, 0.1) is 0 Å². The Morgan fingerprint density at radius 3 is 2.46 bits per heavy atom. The minimum atomic E-state index is -0.0867. The molecular weight excluding hydrogens is 392 g/mol. The zero-order valence-electron chi connectivity index (χ0n) is 15.1. The first-order valence-corrected chi connectivity index (χ1v) is 9.87. The summed E-state index contributed by atoms with van der Waals surface area (Å²) in [5.74, 6) is -0.0867. The van der Waals surface area contributed by atoms with Crippen LogP contribution in [0.15, 0.2) is 67.3 Å². The zero-order chi connectivity index (χ0) is 19.5. The first-order chi connectivity index (χ1) is 13.6. The molecule has 0 fully saturated rings. The molecule has 1 amide bonds. The molecule has 0 aliphatic heterocycles. The van der Waals surface area contributed by atoms with Gasteiger partial charge in [0.2, 0.25) is 5.91 Å². The molecule has 2 heterocycles. The molecule has 28 heavy (non-hydrogen) atoms. The summed E-state index contributed by atoms with van der Waals surface area (Å²) < 4.78 is 2.00. The molecule has 1 N–H and O–H groups in total. The molecular formula is C21H17ClN4OS. The van der Waals surface area contributed by atoms with Crippen molar-refractivity contribution < 1.29 is 4.79 Å². The highest BCUT2D eigenvalue weighted by Gasteiger charge is 2.15. The van der Waals surface area contributed by atoms with Crippen LogP contribution in [0.5, 0.6) is 0 Å². The van der Waals surface area contributed by atoms with E-state index in [0.717, 1.165) is 32.4 Å². The molecule has 5 nitrogen and oxygen atoms in total. The van der Waals surface area contributed by atoms with E-state index >= 15 is 0 Å². The zero-order valence-corrected chi connectivity index (χ0v) is 16.7. The van der Waals surface area contributed by atoms with E-state index in [4.69, 9.17) is 16.6 Å². The fourth-order valence-electron chi connectivity index (χ4n) is 2.86. The molecule has 0 saturated heterocycles. The maximum atomic E-state index is 11.2. The predicted molar refractivity (Wildman–Crippen MR) is 114 cm³/mol. The van der Waals surface area contributed by atoms with Crippen LogP contribution in [0.25, 0.3) is 21.0 Å². The minimum Gasteiger partial charge on any atom is -0.331 e. The highest BCUT2D eigenvalue weighted by atomic mass is 35.5. The number of carbonyl (C=O) groups excluding carboxylic acids is 1. The second-order valence-electron chi connectivity index (χ2n) is 6.30. The highest BCUT2D eigenvalue weighted by molar-refractivity contribution is 7.18. The van der Waals surface area contributed by atoms with Crippen molar-refractivity contribution in [2.45, 2.75) is 13.5 Å². The molecule has 0 aliphatic rings. The topological polar surface area (TPSA) is 59.8 Å². The second-order valence-corrected chi connectivity index (χ2v) is 7.73. The molecule has 7 heteroatoms. The number of imidazole rings is 1. The lowest BCUT2D eigenvalue weighted by atomic mass is 10.1. The van der Waals surface area contributed by atoms with E-state index in [1.807, 2.05) is 59.3 Å². The average molecular weight is 409 g/mol. The fraction of sp³-hybridized carbons (Fsp3) is 0.0952. The number of hydrogen-bond acceptors (Lipinski definition) is 4. The van der Waals surface area contributed by atoms with E-state index in [9.17, 15) is 4.79 Å². The van der Waals surface area contributed by atoms with Crippen molar-refractivity contribution in [1.29, 1.82) is 0 Å². The van der Waals surface area contributed by atoms with Gasteiger partial charge in [0.05, 0.1) is 23.4 Å². The van der Waals surface area contributed by atoms with E-state index in [1.54, 1.807) is 23.9 Å². The molecule has 2 aromatic heterocycles. The van der Waals surface area contributed by atoms with Crippen molar-refractivity contribution in [2.75, 3.05) is 5.32 Å². The van der Waals surface area contributed by atoms with E-state index in [-0.39, 0.29) is 5.91 Å². The van der Waals surface area contributed by atoms with Gasteiger partial charge in [0.15, 0.2) is 0 Å². The number of nitrogens with one attached hydrogen (secondary N) is 1. The first-order valence-electron chi connectivity index (χ1n) is 8.68. The predicted octanol–water partition coefficient (Wildman–Crippen LogP) is 5.33. The Labute approximate surface area is 171 Å². The molecule has 0 aliphatic carbocycles. The summed E-state index contributed by atoms with van der Waals surface area (Å²) in [6, 6.07) is 15.5. The number of halogens is 1. The van der Waals surface area contributed by atoms with Crippen molar-refractivity contribution in [2.24, 2.45) is 0 Å².